The molecular formula is C17H21NS. The predicted molar refractivity (Wildman–Crippen MR) is 82.6 cm³/mol. The Kier molecular flexibility index (Phi) is 2.89. The zero-order valence-electron chi connectivity index (χ0n) is 11.4. The number of rotatable bonds is 4. The summed E-state index contributed by atoms with van der Waals surface area (Å²) in [5.74, 6) is 2.93. The summed E-state index contributed by atoms with van der Waals surface area (Å²) in [5.41, 5.74) is 1.55. The van der Waals surface area contributed by atoms with E-state index < -0.39 is 0 Å². The van der Waals surface area contributed by atoms with Gasteiger partial charge in [-0.3, -0.25) is 0 Å². The first-order valence-electron chi connectivity index (χ1n) is 7.59. The first-order chi connectivity index (χ1) is 9.40. The molecule has 0 spiro atoms. The smallest absolute Gasteiger partial charge is 0.0390 e. The Morgan fingerprint density at radius 1 is 1.26 bits per heavy atom. The van der Waals surface area contributed by atoms with Crippen LogP contribution in [-0.4, -0.2) is 6.54 Å². The lowest BCUT2D eigenvalue weighted by molar-refractivity contribution is 0.428. The van der Waals surface area contributed by atoms with Gasteiger partial charge in [-0.25, -0.2) is 0 Å². The van der Waals surface area contributed by atoms with Gasteiger partial charge in [0.05, 0.1) is 0 Å². The summed E-state index contributed by atoms with van der Waals surface area (Å²) in [6.07, 6.45) is 4.41. The van der Waals surface area contributed by atoms with Gasteiger partial charge in [0.15, 0.2) is 0 Å². The van der Waals surface area contributed by atoms with E-state index in [1.165, 1.54) is 29.3 Å². The van der Waals surface area contributed by atoms with Gasteiger partial charge in [-0.1, -0.05) is 31.5 Å². The highest BCUT2D eigenvalue weighted by atomic mass is 32.1. The molecule has 2 saturated carbocycles. The van der Waals surface area contributed by atoms with Crippen LogP contribution in [0.5, 0.6) is 0 Å². The van der Waals surface area contributed by atoms with Crippen LogP contribution in [-0.2, 0) is 0 Å². The van der Waals surface area contributed by atoms with E-state index in [9.17, 15) is 0 Å². The lowest BCUT2D eigenvalue weighted by atomic mass is 9.96. The molecule has 4 rings (SSSR count). The Hall–Kier alpha value is -0.860. The van der Waals surface area contributed by atoms with Crippen LogP contribution in [0.2, 0.25) is 0 Å². The van der Waals surface area contributed by atoms with Crippen molar-refractivity contribution in [3.63, 3.8) is 0 Å². The minimum atomic E-state index is 0.586. The monoisotopic (exact) mass is 271 g/mol. The summed E-state index contributed by atoms with van der Waals surface area (Å²) in [4.78, 5) is 0. The van der Waals surface area contributed by atoms with E-state index in [1.54, 1.807) is 5.56 Å². The first kappa shape index (κ1) is 11.9. The van der Waals surface area contributed by atoms with Crippen molar-refractivity contribution in [2.45, 2.75) is 32.2 Å². The highest BCUT2D eigenvalue weighted by molar-refractivity contribution is 7.17. The lowest BCUT2D eigenvalue weighted by Crippen LogP contribution is -2.24. The molecule has 1 aromatic carbocycles. The first-order valence-corrected chi connectivity index (χ1v) is 8.47. The zero-order valence-corrected chi connectivity index (χ0v) is 12.2. The van der Waals surface area contributed by atoms with Crippen molar-refractivity contribution < 1.29 is 0 Å². The molecule has 1 aromatic heterocycles. The van der Waals surface area contributed by atoms with E-state index >= 15 is 0 Å². The Bertz CT molecular complexity index is 578. The Morgan fingerprint density at radius 3 is 2.89 bits per heavy atom. The summed E-state index contributed by atoms with van der Waals surface area (Å²) in [6.45, 7) is 3.31. The van der Waals surface area contributed by atoms with Crippen molar-refractivity contribution >= 4 is 21.4 Å². The van der Waals surface area contributed by atoms with Crippen LogP contribution in [0.1, 0.15) is 37.8 Å². The lowest BCUT2D eigenvalue weighted by Gasteiger charge is -2.21. The van der Waals surface area contributed by atoms with E-state index in [1.807, 2.05) is 11.3 Å². The molecule has 0 amide bonds. The fourth-order valence-electron chi connectivity index (χ4n) is 4.31. The van der Waals surface area contributed by atoms with E-state index in [0.717, 1.165) is 24.3 Å². The van der Waals surface area contributed by atoms with Gasteiger partial charge >= 0.3 is 0 Å². The molecule has 2 heteroatoms. The van der Waals surface area contributed by atoms with Crippen LogP contribution in [0.15, 0.2) is 29.6 Å². The second-order valence-electron chi connectivity index (χ2n) is 6.06. The number of nitrogens with one attached hydrogen (secondary N) is 1. The number of benzene rings is 1. The van der Waals surface area contributed by atoms with Gasteiger partial charge in [0.1, 0.15) is 0 Å². The van der Waals surface area contributed by atoms with Gasteiger partial charge in [-0.05, 0) is 59.5 Å². The van der Waals surface area contributed by atoms with Crippen LogP contribution < -0.4 is 5.32 Å². The van der Waals surface area contributed by atoms with E-state index in [-0.39, 0.29) is 0 Å². The van der Waals surface area contributed by atoms with Crippen molar-refractivity contribution in [3.05, 3.63) is 35.2 Å². The maximum atomic E-state index is 3.78. The minimum absolute atomic E-state index is 0.586. The molecule has 0 radical (unpaired) electrons. The molecule has 1 N–H and O–H groups in total. The predicted octanol–water partition coefficient (Wildman–Crippen LogP) is 4.60. The quantitative estimate of drug-likeness (QED) is 0.857. The zero-order chi connectivity index (χ0) is 12.8. The van der Waals surface area contributed by atoms with Crippen molar-refractivity contribution in [2.75, 3.05) is 6.54 Å². The highest BCUT2D eigenvalue weighted by Gasteiger charge is 2.56. The van der Waals surface area contributed by atoms with Crippen LogP contribution >= 0.6 is 11.3 Å². The molecule has 2 aliphatic carbocycles. The molecular weight excluding hydrogens is 250 g/mol. The molecule has 0 saturated heterocycles. The van der Waals surface area contributed by atoms with Crippen molar-refractivity contribution in [1.82, 2.24) is 5.32 Å². The molecule has 1 heterocycles. The van der Waals surface area contributed by atoms with Gasteiger partial charge in [-0.2, -0.15) is 0 Å². The molecule has 0 aliphatic heterocycles. The molecule has 19 heavy (non-hydrogen) atoms. The molecule has 2 aromatic rings. The van der Waals surface area contributed by atoms with E-state index in [0.29, 0.717) is 6.04 Å². The van der Waals surface area contributed by atoms with Crippen molar-refractivity contribution in [1.29, 1.82) is 0 Å². The summed E-state index contributed by atoms with van der Waals surface area (Å²) < 4.78 is 1.50. The molecule has 1 nitrogen and oxygen atoms in total. The summed E-state index contributed by atoms with van der Waals surface area (Å²) in [6, 6.07) is 9.65. The highest BCUT2D eigenvalue weighted by Crippen LogP contribution is 2.62. The summed E-state index contributed by atoms with van der Waals surface area (Å²) >= 11 is 1.90. The number of thiophene rings is 1. The van der Waals surface area contributed by atoms with Crippen LogP contribution in [0, 0.1) is 17.8 Å². The maximum Gasteiger partial charge on any atom is 0.0390 e. The average molecular weight is 271 g/mol. The third-order valence-corrected chi connectivity index (χ3v) is 6.11. The van der Waals surface area contributed by atoms with Gasteiger partial charge in [0, 0.05) is 10.7 Å². The third kappa shape index (κ3) is 1.85. The standard InChI is InChI=1S/C17H21NS/c1-2-18-16(15-12-6-4-7-13(12)15)14-8-3-5-11-9-10-19-17(11)14/h3,5,8-10,12-13,15-16,18H,2,4,6-7H2,1H3. The van der Waals surface area contributed by atoms with Gasteiger partial charge in [0.2, 0.25) is 0 Å². The second kappa shape index (κ2) is 4.60. The van der Waals surface area contributed by atoms with Crippen molar-refractivity contribution in [2.24, 2.45) is 17.8 Å². The summed E-state index contributed by atoms with van der Waals surface area (Å²) in [7, 11) is 0. The second-order valence-corrected chi connectivity index (χ2v) is 6.97. The molecule has 0 bridgehead atoms. The van der Waals surface area contributed by atoms with Gasteiger partial charge in [-0.15, -0.1) is 11.3 Å². The van der Waals surface area contributed by atoms with E-state index in [2.05, 4.69) is 41.9 Å². The largest absolute Gasteiger partial charge is 0.310 e. The average Bonchev–Trinajstić information content (AvgIpc) is 2.87. The molecule has 2 aliphatic rings. The topological polar surface area (TPSA) is 12.0 Å². The maximum absolute atomic E-state index is 3.78. The number of hydrogen-bond donors (Lipinski definition) is 1. The fourth-order valence-corrected chi connectivity index (χ4v) is 5.26. The van der Waals surface area contributed by atoms with Crippen LogP contribution in [0.3, 0.4) is 0 Å². The summed E-state index contributed by atoms with van der Waals surface area (Å²) in [5, 5.41) is 7.42. The molecule has 100 valence electrons. The van der Waals surface area contributed by atoms with Crippen molar-refractivity contribution in [3.8, 4) is 0 Å². The third-order valence-electron chi connectivity index (χ3n) is 5.13. The molecule has 3 atom stereocenters. The normalized spacial score (nSPS) is 30.5. The van der Waals surface area contributed by atoms with Crippen LogP contribution in [0.4, 0.5) is 0 Å². The molecule has 2 fully saturated rings. The van der Waals surface area contributed by atoms with Gasteiger partial charge in [0.25, 0.3) is 0 Å². The fraction of sp³-hybridized carbons (Fsp3) is 0.529. The van der Waals surface area contributed by atoms with E-state index in [4.69, 9.17) is 0 Å². The SMILES string of the molecule is CCNC(c1cccc2ccsc12)C1C2CCCC21. The Morgan fingerprint density at radius 2 is 2.11 bits per heavy atom. The minimum Gasteiger partial charge on any atom is -0.310 e. The van der Waals surface area contributed by atoms with Crippen LogP contribution in [0.25, 0.3) is 10.1 Å². The number of hydrogen-bond acceptors (Lipinski definition) is 2. The Balaban J connectivity index is 1.72. The Labute approximate surface area is 119 Å². The number of fused-ring (bicyclic) bond motifs is 2. The molecule has 3 unspecified atom stereocenters. The van der Waals surface area contributed by atoms with Gasteiger partial charge < -0.3 is 5.32 Å².